The molecule has 2 unspecified atom stereocenters. The molecule has 0 bridgehead atoms. The summed E-state index contributed by atoms with van der Waals surface area (Å²) in [5.74, 6) is -0.898. The Balaban J connectivity index is 1.66. The molecule has 0 fully saturated rings. The van der Waals surface area contributed by atoms with Crippen LogP contribution in [0.25, 0.3) is 0 Å². The third-order valence-electron chi connectivity index (χ3n) is 6.62. The maximum Gasteiger partial charge on any atom is 0.415 e. The monoisotopic (exact) mass is 608 g/mol. The molecule has 0 radical (unpaired) electrons. The summed E-state index contributed by atoms with van der Waals surface area (Å²) < 4.78 is 43.0. The van der Waals surface area contributed by atoms with E-state index in [2.05, 4.69) is 5.32 Å². The van der Waals surface area contributed by atoms with Gasteiger partial charge in [0.25, 0.3) is 0 Å². The second-order valence-corrected chi connectivity index (χ2v) is 13.4. The molecular formula is C32H36N2O8S. The first-order valence-corrected chi connectivity index (χ1v) is 15.8. The molecule has 0 saturated heterocycles. The minimum absolute atomic E-state index is 0.0607. The fourth-order valence-corrected chi connectivity index (χ4v) is 6.12. The summed E-state index contributed by atoms with van der Waals surface area (Å²) >= 11 is 0. The summed E-state index contributed by atoms with van der Waals surface area (Å²) in [4.78, 5) is 40.6. The quantitative estimate of drug-likeness (QED) is 0.330. The van der Waals surface area contributed by atoms with Crippen molar-refractivity contribution >= 4 is 39.2 Å². The zero-order valence-corrected chi connectivity index (χ0v) is 25.6. The number of hydrogen-bond acceptors (Lipinski definition) is 8. The van der Waals surface area contributed by atoms with Crippen LogP contribution < -0.4 is 15.0 Å². The predicted octanol–water partition coefficient (Wildman–Crippen LogP) is 5.16. The standard InChI is InChI=1S/C32H36N2O8S/c1-6-40-30(36)22-13-10-14-24(17-22)33-29(35)28(43(5,38)39)27-19-23-18-25(41-20-21-11-8-7-9-12-21)15-16-26(23)34(27)31(37)42-32(2,3)4/h7-18,27-28H,6,19-20H2,1-5H3,(H,33,35). The Kier molecular flexibility index (Phi) is 9.44. The smallest absolute Gasteiger partial charge is 0.415 e. The molecule has 4 rings (SSSR count). The average molecular weight is 609 g/mol. The minimum Gasteiger partial charge on any atom is -0.489 e. The van der Waals surface area contributed by atoms with E-state index in [0.29, 0.717) is 23.6 Å². The van der Waals surface area contributed by atoms with Crippen LogP contribution in [-0.2, 0) is 37.1 Å². The van der Waals surface area contributed by atoms with E-state index in [1.807, 2.05) is 30.3 Å². The lowest BCUT2D eigenvalue weighted by atomic mass is 10.1. The number of nitrogens with one attached hydrogen (secondary N) is 1. The number of nitrogens with zero attached hydrogens (tertiary/aromatic N) is 1. The molecule has 0 spiro atoms. The predicted molar refractivity (Wildman–Crippen MR) is 163 cm³/mol. The van der Waals surface area contributed by atoms with Crippen molar-refractivity contribution in [2.24, 2.45) is 0 Å². The lowest BCUT2D eigenvalue weighted by molar-refractivity contribution is -0.116. The number of fused-ring (bicyclic) bond motifs is 1. The second-order valence-electron chi connectivity index (χ2n) is 11.2. The lowest BCUT2D eigenvalue weighted by Gasteiger charge is -2.32. The van der Waals surface area contributed by atoms with Gasteiger partial charge in [-0.2, -0.15) is 0 Å². The number of ether oxygens (including phenoxy) is 3. The van der Waals surface area contributed by atoms with Crippen LogP contribution in [0.1, 0.15) is 49.2 Å². The van der Waals surface area contributed by atoms with Crippen molar-refractivity contribution < 1.29 is 37.0 Å². The van der Waals surface area contributed by atoms with Crippen molar-refractivity contribution in [1.82, 2.24) is 0 Å². The highest BCUT2D eigenvalue weighted by molar-refractivity contribution is 7.92. The molecule has 43 heavy (non-hydrogen) atoms. The molecule has 0 saturated carbocycles. The molecule has 2 atom stereocenters. The van der Waals surface area contributed by atoms with Crippen molar-refractivity contribution in [3.8, 4) is 5.75 Å². The number of anilines is 2. The van der Waals surface area contributed by atoms with Gasteiger partial charge in [-0.05, 0) is 81.6 Å². The van der Waals surface area contributed by atoms with Gasteiger partial charge >= 0.3 is 12.1 Å². The summed E-state index contributed by atoms with van der Waals surface area (Å²) in [7, 11) is -4.07. The Labute approximate surface area is 251 Å². The molecule has 1 heterocycles. The van der Waals surface area contributed by atoms with Gasteiger partial charge in [-0.25, -0.2) is 18.0 Å². The highest BCUT2D eigenvalue weighted by Gasteiger charge is 2.48. The number of benzene rings is 3. The zero-order chi connectivity index (χ0) is 31.4. The molecule has 0 aliphatic carbocycles. The third-order valence-corrected chi connectivity index (χ3v) is 8.07. The van der Waals surface area contributed by atoms with E-state index < -0.39 is 44.7 Å². The van der Waals surface area contributed by atoms with Crippen LogP contribution in [0.4, 0.5) is 16.2 Å². The average Bonchev–Trinajstić information content (AvgIpc) is 3.29. The fourth-order valence-electron chi connectivity index (χ4n) is 4.88. The van der Waals surface area contributed by atoms with Crippen molar-refractivity contribution in [3.63, 3.8) is 0 Å². The number of carbonyl (C=O) groups is 3. The van der Waals surface area contributed by atoms with E-state index >= 15 is 0 Å². The minimum atomic E-state index is -4.07. The molecule has 11 heteroatoms. The van der Waals surface area contributed by atoms with Gasteiger partial charge in [0.05, 0.1) is 23.9 Å². The van der Waals surface area contributed by atoms with Gasteiger partial charge in [0.15, 0.2) is 15.1 Å². The van der Waals surface area contributed by atoms with Crippen molar-refractivity contribution in [3.05, 3.63) is 89.5 Å². The molecular weight excluding hydrogens is 572 g/mol. The molecule has 1 N–H and O–H groups in total. The van der Waals surface area contributed by atoms with Gasteiger partial charge < -0.3 is 19.5 Å². The lowest BCUT2D eigenvalue weighted by Crippen LogP contribution is -2.54. The van der Waals surface area contributed by atoms with E-state index in [-0.39, 0.29) is 24.3 Å². The van der Waals surface area contributed by atoms with E-state index in [1.54, 1.807) is 52.0 Å². The molecule has 0 aromatic heterocycles. The van der Waals surface area contributed by atoms with Crippen molar-refractivity contribution in [2.45, 2.75) is 57.6 Å². The third kappa shape index (κ3) is 7.92. The Bertz CT molecular complexity index is 1600. The van der Waals surface area contributed by atoms with Crippen LogP contribution in [0.15, 0.2) is 72.8 Å². The highest BCUT2D eigenvalue weighted by Crippen LogP contribution is 2.39. The number of hydrogen-bond donors (Lipinski definition) is 1. The molecule has 2 amide bonds. The first-order valence-electron chi connectivity index (χ1n) is 13.9. The number of sulfone groups is 1. The molecule has 3 aromatic rings. The van der Waals surface area contributed by atoms with E-state index in [9.17, 15) is 22.8 Å². The Morgan fingerprint density at radius 1 is 1.00 bits per heavy atom. The normalized spacial score (nSPS) is 15.3. The molecule has 1 aliphatic heterocycles. The van der Waals surface area contributed by atoms with Crippen LogP contribution in [-0.4, -0.2) is 56.1 Å². The number of esters is 1. The Morgan fingerprint density at radius 2 is 1.72 bits per heavy atom. The second kappa shape index (κ2) is 12.9. The molecule has 1 aliphatic rings. The fraction of sp³-hybridized carbons (Fsp3) is 0.344. The number of rotatable bonds is 9. The summed E-state index contributed by atoms with van der Waals surface area (Å²) in [5, 5.41) is 0.958. The zero-order valence-electron chi connectivity index (χ0n) is 24.8. The van der Waals surface area contributed by atoms with Gasteiger partial charge in [0, 0.05) is 11.9 Å². The van der Waals surface area contributed by atoms with Gasteiger partial charge in [-0.3, -0.25) is 9.69 Å². The first-order chi connectivity index (χ1) is 20.3. The molecule has 228 valence electrons. The van der Waals surface area contributed by atoms with Crippen molar-refractivity contribution in [2.75, 3.05) is 23.1 Å². The van der Waals surface area contributed by atoms with Crippen molar-refractivity contribution in [1.29, 1.82) is 0 Å². The first kappa shape index (κ1) is 31.6. The topological polar surface area (TPSA) is 128 Å². The van der Waals surface area contributed by atoms with Gasteiger partial charge in [-0.1, -0.05) is 36.4 Å². The summed E-state index contributed by atoms with van der Waals surface area (Å²) in [6.07, 6.45) is 0.238. The van der Waals surface area contributed by atoms with E-state index in [4.69, 9.17) is 14.2 Å². The number of carbonyl (C=O) groups excluding carboxylic acids is 3. The number of amides is 2. The van der Waals surface area contributed by atoms with Crippen LogP contribution in [0, 0.1) is 0 Å². The Morgan fingerprint density at radius 3 is 2.37 bits per heavy atom. The van der Waals surface area contributed by atoms with Crippen LogP contribution in [0.5, 0.6) is 5.75 Å². The largest absolute Gasteiger partial charge is 0.489 e. The van der Waals surface area contributed by atoms with Gasteiger partial charge in [0.1, 0.15) is 18.0 Å². The van der Waals surface area contributed by atoms with Crippen LogP contribution in [0.2, 0.25) is 0 Å². The summed E-state index contributed by atoms with van der Waals surface area (Å²) in [6.45, 7) is 7.28. The van der Waals surface area contributed by atoms with Crippen LogP contribution >= 0.6 is 0 Å². The summed E-state index contributed by atoms with van der Waals surface area (Å²) in [5.41, 5.74) is 1.56. The van der Waals surface area contributed by atoms with Crippen LogP contribution in [0.3, 0.4) is 0 Å². The molecule has 10 nitrogen and oxygen atoms in total. The Hall–Kier alpha value is -4.38. The van der Waals surface area contributed by atoms with Gasteiger partial charge in [0.2, 0.25) is 5.91 Å². The van der Waals surface area contributed by atoms with E-state index in [0.717, 1.165) is 11.8 Å². The highest BCUT2D eigenvalue weighted by atomic mass is 32.2. The maximum absolute atomic E-state index is 13.7. The summed E-state index contributed by atoms with van der Waals surface area (Å²) in [6, 6.07) is 19.6. The SMILES string of the molecule is CCOC(=O)c1cccc(NC(=O)C(C2Cc3cc(OCc4ccccc4)ccc3N2C(=O)OC(C)(C)C)S(C)(=O)=O)c1. The molecule has 3 aromatic carbocycles. The maximum atomic E-state index is 13.7. The van der Waals surface area contributed by atoms with Gasteiger partial charge in [-0.15, -0.1) is 0 Å². The van der Waals surface area contributed by atoms with E-state index in [1.165, 1.54) is 23.1 Å².